The summed E-state index contributed by atoms with van der Waals surface area (Å²) >= 11 is 8.53. The SMILES string of the molecule is CC(C)(C)c1ccccc1Nc1ccc(C(N)=S)c(Br)c1. The van der Waals surface area contributed by atoms with Crippen molar-refractivity contribution in [1.29, 1.82) is 0 Å². The van der Waals surface area contributed by atoms with Gasteiger partial charge in [-0.3, -0.25) is 0 Å². The van der Waals surface area contributed by atoms with Crippen molar-refractivity contribution in [1.82, 2.24) is 0 Å². The summed E-state index contributed by atoms with van der Waals surface area (Å²) in [6, 6.07) is 14.3. The topological polar surface area (TPSA) is 38.0 Å². The summed E-state index contributed by atoms with van der Waals surface area (Å²) in [5.74, 6) is 0. The first-order valence-corrected chi connectivity index (χ1v) is 7.95. The number of benzene rings is 2. The van der Waals surface area contributed by atoms with Gasteiger partial charge in [-0.2, -0.15) is 0 Å². The van der Waals surface area contributed by atoms with Gasteiger partial charge in [-0.05, 0) is 51.2 Å². The highest BCUT2D eigenvalue weighted by Crippen LogP contribution is 2.32. The molecule has 0 saturated heterocycles. The van der Waals surface area contributed by atoms with E-state index in [0.717, 1.165) is 21.4 Å². The minimum Gasteiger partial charge on any atom is -0.389 e. The smallest absolute Gasteiger partial charge is 0.105 e. The van der Waals surface area contributed by atoms with E-state index < -0.39 is 0 Å². The summed E-state index contributed by atoms with van der Waals surface area (Å²) in [7, 11) is 0. The molecule has 0 aromatic heterocycles. The van der Waals surface area contributed by atoms with Crippen LogP contribution in [0.2, 0.25) is 0 Å². The van der Waals surface area contributed by atoms with Gasteiger partial charge in [0, 0.05) is 21.4 Å². The van der Waals surface area contributed by atoms with Gasteiger partial charge in [0.15, 0.2) is 0 Å². The molecule has 0 spiro atoms. The number of halogens is 1. The fourth-order valence-corrected chi connectivity index (χ4v) is 3.10. The van der Waals surface area contributed by atoms with E-state index in [2.05, 4.69) is 60.2 Å². The molecular formula is C17H19BrN2S. The number of anilines is 2. The first-order chi connectivity index (χ1) is 9.79. The first kappa shape index (κ1) is 16.0. The maximum absolute atomic E-state index is 5.68. The number of hydrogen-bond acceptors (Lipinski definition) is 2. The van der Waals surface area contributed by atoms with Gasteiger partial charge in [-0.15, -0.1) is 0 Å². The Balaban J connectivity index is 2.35. The van der Waals surface area contributed by atoms with E-state index in [1.807, 2.05) is 24.3 Å². The van der Waals surface area contributed by atoms with Gasteiger partial charge in [0.2, 0.25) is 0 Å². The molecule has 2 rings (SSSR count). The van der Waals surface area contributed by atoms with E-state index in [0.29, 0.717) is 4.99 Å². The lowest BCUT2D eigenvalue weighted by Crippen LogP contribution is -2.13. The maximum Gasteiger partial charge on any atom is 0.105 e. The lowest BCUT2D eigenvalue weighted by atomic mass is 9.86. The van der Waals surface area contributed by atoms with Gasteiger partial charge in [-0.1, -0.05) is 51.2 Å². The molecule has 110 valence electrons. The molecule has 21 heavy (non-hydrogen) atoms. The summed E-state index contributed by atoms with van der Waals surface area (Å²) in [4.78, 5) is 0.392. The van der Waals surface area contributed by atoms with Crippen LogP contribution in [-0.2, 0) is 5.41 Å². The highest BCUT2D eigenvalue weighted by Gasteiger charge is 2.17. The van der Waals surface area contributed by atoms with Gasteiger partial charge in [0.05, 0.1) is 0 Å². The lowest BCUT2D eigenvalue weighted by molar-refractivity contribution is 0.592. The molecule has 0 saturated carbocycles. The molecule has 4 heteroatoms. The molecule has 0 bridgehead atoms. The van der Waals surface area contributed by atoms with Crippen LogP contribution in [0.1, 0.15) is 31.9 Å². The van der Waals surface area contributed by atoms with Crippen molar-refractivity contribution in [3.8, 4) is 0 Å². The zero-order valence-corrected chi connectivity index (χ0v) is 14.8. The largest absolute Gasteiger partial charge is 0.389 e. The second kappa shape index (κ2) is 6.16. The Bertz CT molecular complexity index is 675. The van der Waals surface area contributed by atoms with Crippen LogP contribution in [-0.4, -0.2) is 4.99 Å². The number of thiocarbonyl (C=S) groups is 1. The summed E-state index contributed by atoms with van der Waals surface area (Å²) in [6.45, 7) is 6.62. The van der Waals surface area contributed by atoms with Gasteiger partial charge in [0.1, 0.15) is 4.99 Å². The van der Waals surface area contributed by atoms with Crippen LogP contribution < -0.4 is 11.1 Å². The molecule has 0 heterocycles. The van der Waals surface area contributed by atoms with Crippen molar-refractivity contribution < 1.29 is 0 Å². The Hall–Kier alpha value is -1.39. The number of nitrogens with one attached hydrogen (secondary N) is 1. The molecule has 0 unspecified atom stereocenters. The fourth-order valence-electron chi connectivity index (χ4n) is 2.19. The van der Waals surface area contributed by atoms with Crippen molar-refractivity contribution in [2.75, 3.05) is 5.32 Å². The maximum atomic E-state index is 5.68. The van der Waals surface area contributed by atoms with Crippen molar-refractivity contribution in [2.45, 2.75) is 26.2 Å². The minimum atomic E-state index is 0.0829. The average molecular weight is 363 g/mol. The van der Waals surface area contributed by atoms with Gasteiger partial charge in [-0.25, -0.2) is 0 Å². The summed E-state index contributed by atoms with van der Waals surface area (Å²) < 4.78 is 0.897. The third-order valence-electron chi connectivity index (χ3n) is 3.25. The van der Waals surface area contributed by atoms with Crippen molar-refractivity contribution in [2.24, 2.45) is 5.73 Å². The Kier molecular flexibility index (Phi) is 4.69. The predicted molar refractivity (Wildman–Crippen MR) is 98.5 cm³/mol. The fraction of sp³-hybridized carbons (Fsp3) is 0.235. The molecule has 0 amide bonds. The molecule has 0 aliphatic heterocycles. The Labute approximate surface area is 139 Å². The Morgan fingerprint density at radius 1 is 1.14 bits per heavy atom. The average Bonchev–Trinajstić information content (AvgIpc) is 2.37. The molecule has 0 radical (unpaired) electrons. The summed E-state index contributed by atoms with van der Waals surface area (Å²) in [5.41, 5.74) is 10.00. The highest BCUT2D eigenvalue weighted by molar-refractivity contribution is 9.10. The molecule has 0 atom stereocenters. The van der Waals surface area contributed by atoms with E-state index in [1.165, 1.54) is 5.56 Å². The van der Waals surface area contributed by atoms with Gasteiger partial charge in [0.25, 0.3) is 0 Å². The molecule has 2 aromatic carbocycles. The molecule has 3 N–H and O–H groups in total. The third kappa shape index (κ3) is 3.83. The monoisotopic (exact) mass is 362 g/mol. The van der Waals surface area contributed by atoms with Crippen molar-refractivity contribution in [3.63, 3.8) is 0 Å². The minimum absolute atomic E-state index is 0.0829. The van der Waals surface area contributed by atoms with Gasteiger partial charge >= 0.3 is 0 Å². The second-order valence-corrected chi connectivity index (χ2v) is 7.27. The van der Waals surface area contributed by atoms with E-state index >= 15 is 0 Å². The number of rotatable bonds is 3. The van der Waals surface area contributed by atoms with E-state index in [4.69, 9.17) is 18.0 Å². The number of nitrogens with two attached hydrogens (primary N) is 1. The van der Waals surface area contributed by atoms with Crippen LogP contribution in [0.5, 0.6) is 0 Å². The predicted octanol–water partition coefficient (Wildman–Crippen LogP) is 5.12. The molecule has 0 aliphatic rings. The highest BCUT2D eigenvalue weighted by atomic mass is 79.9. The zero-order valence-electron chi connectivity index (χ0n) is 12.4. The molecular weight excluding hydrogens is 344 g/mol. The Morgan fingerprint density at radius 2 is 1.81 bits per heavy atom. The van der Waals surface area contributed by atoms with E-state index in [1.54, 1.807) is 0 Å². The van der Waals surface area contributed by atoms with Crippen molar-refractivity contribution in [3.05, 3.63) is 58.1 Å². The number of para-hydroxylation sites is 1. The van der Waals surface area contributed by atoms with Crippen molar-refractivity contribution >= 4 is 44.5 Å². The van der Waals surface area contributed by atoms with E-state index in [-0.39, 0.29) is 5.41 Å². The lowest BCUT2D eigenvalue weighted by Gasteiger charge is -2.23. The van der Waals surface area contributed by atoms with Crippen LogP contribution in [0, 0.1) is 0 Å². The number of hydrogen-bond donors (Lipinski definition) is 2. The van der Waals surface area contributed by atoms with E-state index in [9.17, 15) is 0 Å². The van der Waals surface area contributed by atoms with Crippen LogP contribution in [0.3, 0.4) is 0 Å². The second-order valence-electron chi connectivity index (χ2n) is 5.98. The summed E-state index contributed by atoms with van der Waals surface area (Å²) in [5, 5.41) is 3.47. The van der Waals surface area contributed by atoms with Crippen LogP contribution in [0.15, 0.2) is 46.9 Å². The molecule has 2 nitrogen and oxygen atoms in total. The molecule has 0 fully saturated rings. The van der Waals surface area contributed by atoms with Crippen LogP contribution in [0.25, 0.3) is 0 Å². The molecule has 2 aromatic rings. The standard InChI is InChI=1S/C17H19BrN2S/c1-17(2,3)13-6-4-5-7-15(13)20-11-8-9-12(16(19)21)14(18)10-11/h4-10,20H,1-3H3,(H2,19,21). The summed E-state index contributed by atoms with van der Waals surface area (Å²) in [6.07, 6.45) is 0. The third-order valence-corrected chi connectivity index (χ3v) is 4.12. The zero-order chi connectivity index (χ0) is 15.6. The molecule has 0 aliphatic carbocycles. The Morgan fingerprint density at radius 3 is 2.38 bits per heavy atom. The van der Waals surface area contributed by atoms with Crippen LogP contribution in [0.4, 0.5) is 11.4 Å². The quantitative estimate of drug-likeness (QED) is 0.743. The van der Waals surface area contributed by atoms with Gasteiger partial charge < -0.3 is 11.1 Å². The normalized spacial score (nSPS) is 11.2. The van der Waals surface area contributed by atoms with Crippen LogP contribution >= 0.6 is 28.1 Å². The first-order valence-electron chi connectivity index (χ1n) is 6.75.